The van der Waals surface area contributed by atoms with Crippen LogP contribution in [-0.2, 0) is 14.3 Å². The van der Waals surface area contributed by atoms with E-state index in [1.807, 2.05) is 45.0 Å². The molecule has 3 amide bonds. The summed E-state index contributed by atoms with van der Waals surface area (Å²) < 4.78 is 5.50. The fourth-order valence-corrected chi connectivity index (χ4v) is 4.77. The molecule has 2 N–H and O–H groups in total. The Balaban J connectivity index is 3.39. The van der Waals surface area contributed by atoms with Crippen LogP contribution in [-0.4, -0.2) is 47.5 Å². The number of nitrogens with zero attached hydrogens (tertiary/aromatic N) is 1. The predicted octanol–water partition coefficient (Wildman–Crippen LogP) is 7.47. The molecule has 2 atom stereocenters. The van der Waals surface area contributed by atoms with Crippen LogP contribution in [0.15, 0.2) is 24.3 Å². The van der Waals surface area contributed by atoms with Gasteiger partial charge in [0.25, 0.3) is 0 Å². The summed E-state index contributed by atoms with van der Waals surface area (Å²) in [6.45, 7) is 16.8. The summed E-state index contributed by atoms with van der Waals surface area (Å²) in [4.78, 5) is 42.6. The summed E-state index contributed by atoms with van der Waals surface area (Å²) in [6, 6.07) is 6.25. The zero-order valence-corrected chi connectivity index (χ0v) is 26.6. The Labute approximate surface area is 244 Å². The van der Waals surface area contributed by atoms with Crippen molar-refractivity contribution in [1.82, 2.24) is 15.5 Å². The van der Waals surface area contributed by atoms with Crippen molar-refractivity contribution in [3.63, 3.8) is 0 Å². The molecule has 40 heavy (non-hydrogen) atoms. The van der Waals surface area contributed by atoms with Gasteiger partial charge >= 0.3 is 6.09 Å². The Morgan fingerprint density at radius 3 is 2.15 bits per heavy atom. The van der Waals surface area contributed by atoms with E-state index in [1.54, 1.807) is 25.7 Å². The number of nitrogens with one attached hydrogen (secondary N) is 2. The molecule has 0 aliphatic heterocycles. The number of rotatable bonds is 18. The van der Waals surface area contributed by atoms with Crippen LogP contribution in [0.3, 0.4) is 0 Å². The maximum absolute atomic E-state index is 14.3. The van der Waals surface area contributed by atoms with Gasteiger partial charge in [-0.3, -0.25) is 9.59 Å². The minimum Gasteiger partial charge on any atom is -0.444 e. The first-order valence-electron chi connectivity index (χ1n) is 15.5. The van der Waals surface area contributed by atoms with E-state index in [4.69, 9.17) is 4.74 Å². The molecular formula is C33H57N3O4. The molecule has 0 spiro atoms. The van der Waals surface area contributed by atoms with Gasteiger partial charge in [0.2, 0.25) is 11.8 Å². The lowest BCUT2D eigenvalue weighted by molar-refractivity contribution is -0.143. The highest BCUT2D eigenvalue weighted by Crippen LogP contribution is 2.26. The Hall–Kier alpha value is -2.57. The lowest BCUT2D eigenvalue weighted by atomic mass is 9.97. The van der Waals surface area contributed by atoms with Crippen LogP contribution in [0, 0.1) is 12.8 Å². The van der Waals surface area contributed by atoms with Crippen molar-refractivity contribution >= 4 is 17.9 Å². The Morgan fingerprint density at radius 1 is 0.925 bits per heavy atom. The average Bonchev–Trinajstić information content (AvgIpc) is 2.85. The van der Waals surface area contributed by atoms with Crippen LogP contribution in [0.25, 0.3) is 0 Å². The van der Waals surface area contributed by atoms with E-state index in [0.29, 0.717) is 19.5 Å². The summed E-state index contributed by atoms with van der Waals surface area (Å²) in [5, 5.41) is 5.93. The lowest BCUT2D eigenvalue weighted by Gasteiger charge is -2.35. The first-order chi connectivity index (χ1) is 18.9. The highest BCUT2D eigenvalue weighted by Gasteiger charge is 2.36. The average molecular weight is 560 g/mol. The van der Waals surface area contributed by atoms with E-state index in [0.717, 1.165) is 49.7 Å². The maximum Gasteiger partial charge on any atom is 0.408 e. The molecule has 7 heteroatoms. The van der Waals surface area contributed by atoms with E-state index in [9.17, 15) is 14.4 Å². The topological polar surface area (TPSA) is 87.7 Å². The van der Waals surface area contributed by atoms with Crippen molar-refractivity contribution in [2.45, 2.75) is 137 Å². The molecule has 0 aromatic heterocycles. The number of alkyl carbamates (subject to hydrolysis) is 1. The largest absolute Gasteiger partial charge is 0.444 e. The lowest BCUT2D eigenvalue weighted by Crippen LogP contribution is -2.53. The molecule has 0 aliphatic rings. The van der Waals surface area contributed by atoms with Crippen LogP contribution in [0.4, 0.5) is 4.79 Å². The van der Waals surface area contributed by atoms with Crippen molar-refractivity contribution in [2.24, 2.45) is 5.92 Å². The van der Waals surface area contributed by atoms with Crippen molar-refractivity contribution in [3.8, 4) is 0 Å². The molecule has 0 heterocycles. The molecular weight excluding hydrogens is 502 g/mol. The SMILES string of the molecule is CCCCCCCCN(C(=O)C(CC(C)C)NC(=O)OC(C)(C)C)C(C(=O)NCCCCC)c1cccc(C)c1. The number of unbranched alkanes of at least 4 members (excludes halogenated alkanes) is 7. The quantitative estimate of drug-likeness (QED) is 0.183. The predicted molar refractivity (Wildman–Crippen MR) is 164 cm³/mol. The summed E-state index contributed by atoms with van der Waals surface area (Å²) in [5.74, 6) is -0.273. The first kappa shape index (κ1) is 35.5. The number of carbonyl (C=O) groups excluding carboxylic acids is 3. The molecule has 0 fully saturated rings. The van der Waals surface area contributed by atoms with E-state index < -0.39 is 23.8 Å². The number of amides is 3. The van der Waals surface area contributed by atoms with Gasteiger partial charge in [-0.05, 0) is 58.4 Å². The normalized spacial score (nSPS) is 13.0. The molecule has 0 radical (unpaired) electrons. The van der Waals surface area contributed by atoms with Crippen molar-refractivity contribution < 1.29 is 19.1 Å². The Bertz CT molecular complexity index is 894. The van der Waals surface area contributed by atoms with Gasteiger partial charge in [0.1, 0.15) is 17.7 Å². The smallest absolute Gasteiger partial charge is 0.408 e. The van der Waals surface area contributed by atoms with E-state index >= 15 is 0 Å². The van der Waals surface area contributed by atoms with Crippen molar-refractivity contribution in [2.75, 3.05) is 13.1 Å². The minimum absolute atomic E-state index is 0.153. The molecule has 1 aromatic carbocycles. The molecule has 2 unspecified atom stereocenters. The highest BCUT2D eigenvalue weighted by atomic mass is 16.6. The number of carbonyl (C=O) groups is 3. The van der Waals surface area contributed by atoms with Crippen LogP contribution in [0.5, 0.6) is 0 Å². The molecule has 0 saturated carbocycles. The summed E-state index contributed by atoms with van der Waals surface area (Å²) in [6.07, 6.45) is 9.23. The van der Waals surface area contributed by atoms with Gasteiger partial charge in [-0.1, -0.05) is 102 Å². The van der Waals surface area contributed by atoms with Crippen LogP contribution in [0.2, 0.25) is 0 Å². The number of ether oxygens (including phenoxy) is 1. The monoisotopic (exact) mass is 559 g/mol. The van der Waals surface area contributed by atoms with Gasteiger partial charge < -0.3 is 20.3 Å². The van der Waals surface area contributed by atoms with Gasteiger partial charge in [-0.15, -0.1) is 0 Å². The third-order valence-electron chi connectivity index (χ3n) is 6.73. The first-order valence-corrected chi connectivity index (χ1v) is 15.5. The molecule has 1 aromatic rings. The van der Waals surface area contributed by atoms with Gasteiger partial charge in [-0.25, -0.2) is 4.79 Å². The zero-order valence-electron chi connectivity index (χ0n) is 26.6. The number of hydrogen-bond donors (Lipinski definition) is 2. The number of aryl methyl sites for hydroxylation is 1. The second-order valence-corrected chi connectivity index (χ2v) is 12.4. The fraction of sp³-hybridized carbons (Fsp3) is 0.727. The molecule has 0 aliphatic carbocycles. The minimum atomic E-state index is -0.796. The zero-order chi connectivity index (χ0) is 30.1. The van der Waals surface area contributed by atoms with E-state index in [-0.39, 0.29) is 17.7 Å². The van der Waals surface area contributed by atoms with Crippen molar-refractivity contribution in [3.05, 3.63) is 35.4 Å². The maximum atomic E-state index is 14.3. The summed E-state index contributed by atoms with van der Waals surface area (Å²) in [7, 11) is 0. The van der Waals surface area contributed by atoms with E-state index in [1.165, 1.54) is 19.3 Å². The van der Waals surface area contributed by atoms with Gasteiger partial charge in [0.15, 0.2) is 0 Å². The number of hydrogen-bond acceptors (Lipinski definition) is 4. The number of benzene rings is 1. The fourth-order valence-electron chi connectivity index (χ4n) is 4.77. The van der Waals surface area contributed by atoms with Crippen LogP contribution >= 0.6 is 0 Å². The second-order valence-electron chi connectivity index (χ2n) is 12.4. The Morgan fingerprint density at radius 2 is 1.55 bits per heavy atom. The summed E-state index contributed by atoms with van der Waals surface area (Å²) >= 11 is 0. The van der Waals surface area contributed by atoms with Crippen LogP contribution < -0.4 is 10.6 Å². The molecule has 0 saturated heterocycles. The van der Waals surface area contributed by atoms with Gasteiger partial charge in [0, 0.05) is 13.1 Å². The third kappa shape index (κ3) is 14.2. The summed E-state index contributed by atoms with van der Waals surface area (Å²) in [5.41, 5.74) is 1.13. The van der Waals surface area contributed by atoms with Crippen LogP contribution in [0.1, 0.15) is 130 Å². The molecule has 0 bridgehead atoms. The standard InChI is InChI=1S/C33H57N3O4/c1-9-11-13-14-15-17-22-36(31(38)28(23-25(3)4)35-32(39)40-33(6,7)8)29(27-20-18-19-26(5)24-27)30(37)34-21-16-12-10-2/h18-20,24-25,28-29H,9-17,21-23H2,1-8H3,(H,34,37)(H,35,39). The van der Waals surface area contributed by atoms with Crippen molar-refractivity contribution in [1.29, 1.82) is 0 Å². The molecule has 228 valence electrons. The van der Waals surface area contributed by atoms with Gasteiger partial charge in [0.05, 0.1) is 0 Å². The van der Waals surface area contributed by atoms with E-state index in [2.05, 4.69) is 24.5 Å². The Kier molecular flexibility index (Phi) is 16.6. The molecule has 7 nitrogen and oxygen atoms in total. The molecule has 1 rings (SSSR count). The highest BCUT2D eigenvalue weighted by molar-refractivity contribution is 5.92. The second kappa shape index (κ2) is 18.7. The van der Waals surface area contributed by atoms with Gasteiger partial charge in [-0.2, -0.15) is 0 Å². The third-order valence-corrected chi connectivity index (χ3v) is 6.73.